The molecular weight excluding hydrogens is 195 g/mol. The lowest BCUT2D eigenvalue weighted by Crippen LogP contribution is -2.12. The van der Waals surface area contributed by atoms with Gasteiger partial charge in [-0.3, -0.25) is 0 Å². The van der Waals surface area contributed by atoms with E-state index in [0.717, 1.165) is 0 Å². The van der Waals surface area contributed by atoms with Crippen LogP contribution < -0.4 is 10.5 Å². The lowest BCUT2D eigenvalue weighted by Gasteiger charge is -2.06. The Morgan fingerprint density at radius 2 is 2.31 bits per heavy atom. The molecule has 0 aliphatic heterocycles. The van der Waals surface area contributed by atoms with E-state index in [1.165, 1.54) is 13.3 Å². The minimum atomic E-state index is -0.580. The van der Waals surface area contributed by atoms with Crippen LogP contribution >= 0.6 is 12.4 Å². The van der Waals surface area contributed by atoms with Crippen LogP contribution in [0.15, 0.2) is 18.3 Å². The van der Waals surface area contributed by atoms with Crippen LogP contribution in [0.4, 0.5) is 4.39 Å². The molecule has 0 saturated heterocycles. The highest BCUT2D eigenvalue weighted by molar-refractivity contribution is 5.85. The molecule has 0 aromatic carbocycles. The quantitative estimate of drug-likeness (QED) is 0.815. The average Bonchev–Trinajstić information content (AvgIpc) is 2.17. The van der Waals surface area contributed by atoms with Crippen LogP contribution in [0.2, 0.25) is 0 Å². The number of ether oxygens (including phenoxy) is 1. The first-order valence-corrected chi connectivity index (χ1v) is 3.59. The first kappa shape index (κ1) is 12.1. The molecule has 2 N–H and O–H groups in total. The Bertz CT molecular complexity index is 242. The number of pyridine rings is 1. The fourth-order valence-electron chi connectivity index (χ4n) is 0.821. The minimum Gasteiger partial charge on any atom is -0.481 e. The van der Waals surface area contributed by atoms with Crippen LogP contribution in [0, 0.1) is 0 Å². The number of rotatable bonds is 3. The van der Waals surface area contributed by atoms with E-state index in [0.29, 0.717) is 11.4 Å². The van der Waals surface area contributed by atoms with E-state index in [2.05, 4.69) is 4.98 Å². The Hall–Kier alpha value is -0.870. The fourth-order valence-corrected chi connectivity index (χ4v) is 0.821. The zero-order valence-electron chi connectivity index (χ0n) is 7.24. The summed E-state index contributed by atoms with van der Waals surface area (Å²) in [6.45, 7) is -0.575. The Labute approximate surface area is 82.5 Å². The number of nitrogens with two attached hydrogens (primary N) is 1. The lowest BCUT2D eigenvalue weighted by atomic mass is 10.1. The largest absolute Gasteiger partial charge is 0.481 e. The van der Waals surface area contributed by atoms with Gasteiger partial charge in [-0.05, 0) is 5.56 Å². The lowest BCUT2D eigenvalue weighted by molar-refractivity contribution is 0.396. The molecule has 0 unspecified atom stereocenters. The second kappa shape index (κ2) is 5.72. The molecule has 1 aromatic heterocycles. The van der Waals surface area contributed by atoms with E-state index in [1.54, 1.807) is 12.1 Å². The predicted molar refractivity (Wildman–Crippen MR) is 50.9 cm³/mol. The standard InChI is InChI=1S/C8H11FN2O.ClH/c1-12-8-3-2-6(5-11-8)7(10)4-9;/h2-3,5,7H,4,10H2,1H3;1H/t7-;/m0./s1. The average molecular weight is 207 g/mol. The van der Waals surface area contributed by atoms with Gasteiger partial charge in [0.25, 0.3) is 0 Å². The van der Waals surface area contributed by atoms with E-state index >= 15 is 0 Å². The number of methoxy groups -OCH3 is 1. The van der Waals surface area contributed by atoms with Crippen LogP contribution in [0.25, 0.3) is 0 Å². The molecule has 0 saturated carbocycles. The van der Waals surface area contributed by atoms with Crippen molar-refractivity contribution in [2.24, 2.45) is 5.73 Å². The molecule has 0 spiro atoms. The Balaban J connectivity index is 0.00000144. The molecule has 1 rings (SSSR count). The third-order valence-corrected chi connectivity index (χ3v) is 1.56. The van der Waals surface area contributed by atoms with E-state index < -0.39 is 12.7 Å². The van der Waals surface area contributed by atoms with Crippen molar-refractivity contribution in [3.05, 3.63) is 23.9 Å². The second-order valence-corrected chi connectivity index (χ2v) is 2.39. The van der Waals surface area contributed by atoms with Crippen LogP contribution in [0.1, 0.15) is 11.6 Å². The van der Waals surface area contributed by atoms with E-state index in [1.807, 2.05) is 0 Å². The van der Waals surface area contributed by atoms with Crippen molar-refractivity contribution in [1.82, 2.24) is 4.98 Å². The number of nitrogens with zero attached hydrogens (tertiary/aromatic N) is 1. The summed E-state index contributed by atoms with van der Waals surface area (Å²) >= 11 is 0. The van der Waals surface area contributed by atoms with Gasteiger partial charge in [0.05, 0.1) is 13.2 Å². The Kier molecular flexibility index (Phi) is 5.34. The van der Waals surface area contributed by atoms with Crippen LogP contribution in [0.3, 0.4) is 0 Å². The van der Waals surface area contributed by atoms with E-state index in [-0.39, 0.29) is 12.4 Å². The molecule has 0 bridgehead atoms. The SMILES string of the molecule is COc1ccc([C@@H](N)CF)cn1.Cl. The van der Waals surface area contributed by atoms with Crippen molar-refractivity contribution in [3.63, 3.8) is 0 Å². The number of hydrogen-bond acceptors (Lipinski definition) is 3. The fraction of sp³-hybridized carbons (Fsp3) is 0.375. The van der Waals surface area contributed by atoms with Gasteiger partial charge < -0.3 is 10.5 Å². The first-order chi connectivity index (χ1) is 5.77. The molecule has 5 heteroatoms. The predicted octanol–water partition coefficient (Wildman–Crippen LogP) is 1.48. The molecule has 0 aliphatic rings. The van der Waals surface area contributed by atoms with E-state index in [4.69, 9.17) is 10.5 Å². The zero-order valence-corrected chi connectivity index (χ0v) is 8.05. The molecule has 0 radical (unpaired) electrons. The maximum Gasteiger partial charge on any atom is 0.212 e. The van der Waals surface area contributed by atoms with Crippen molar-refractivity contribution in [3.8, 4) is 5.88 Å². The molecule has 0 aliphatic carbocycles. The summed E-state index contributed by atoms with van der Waals surface area (Å²) in [5.41, 5.74) is 6.11. The molecule has 3 nitrogen and oxygen atoms in total. The molecule has 1 heterocycles. The monoisotopic (exact) mass is 206 g/mol. The van der Waals surface area contributed by atoms with Gasteiger partial charge in [0.2, 0.25) is 5.88 Å². The van der Waals surface area contributed by atoms with Crippen molar-refractivity contribution >= 4 is 12.4 Å². The van der Waals surface area contributed by atoms with Crippen LogP contribution in [-0.2, 0) is 0 Å². The number of hydrogen-bond donors (Lipinski definition) is 1. The van der Waals surface area contributed by atoms with Gasteiger partial charge in [-0.1, -0.05) is 6.07 Å². The molecular formula is C8H12ClFN2O. The van der Waals surface area contributed by atoms with Crippen molar-refractivity contribution in [2.75, 3.05) is 13.8 Å². The van der Waals surface area contributed by atoms with Crippen molar-refractivity contribution in [2.45, 2.75) is 6.04 Å². The summed E-state index contributed by atoms with van der Waals surface area (Å²) in [5.74, 6) is 0.504. The highest BCUT2D eigenvalue weighted by atomic mass is 35.5. The number of alkyl halides is 1. The molecule has 74 valence electrons. The van der Waals surface area contributed by atoms with Crippen molar-refractivity contribution < 1.29 is 9.13 Å². The summed E-state index contributed by atoms with van der Waals surface area (Å²) < 4.78 is 16.9. The summed E-state index contributed by atoms with van der Waals surface area (Å²) in [6.07, 6.45) is 1.52. The second-order valence-electron chi connectivity index (χ2n) is 2.39. The van der Waals surface area contributed by atoms with Crippen molar-refractivity contribution in [1.29, 1.82) is 0 Å². The third-order valence-electron chi connectivity index (χ3n) is 1.56. The molecule has 13 heavy (non-hydrogen) atoms. The highest BCUT2D eigenvalue weighted by Crippen LogP contribution is 2.12. The summed E-state index contributed by atoms with van der Waals surface area (Å²) in [7, 11) is 1.52. The normalized spacial score (nSPS) is 11.6. The smallest absolute Gasteiger partial charge is 0.212 e. The Morgan fingerprint density at radius 3 is 2.69 bits per heavy atom. The summed E-state index contributed by atoms with van der Waals surface area (Å²) in [5, 5.41) is 0. The molecule has 1 atom stereocenters. The maximum absolute atomic E-state index is 12.1. The van der Waals surface area contributed by atoms with Gasteiger partial charge in [0, 0.05) is 12.3 Å². The van der Waals surface area contributed by atoms with Gasteiger partial charge in [-0.2, -0.15) is 0 Å². The number of aromatic nitrogens is 1. The van der Waals surface area contributed by atoms with Crippen LogP contribution in [-0.4, -0.2) is 18.8 Å². The third kappa shape index (κ3) is 3.16. The molecule has 0 fully saturated rings. The Morgan fingerprint density at radius 1 is 1.62 bits per heavy atom. The van der Waals surface area contributed by atoms with E-state index in [9.17, 15) is 4.39 Å². The molecule has 0 amide bonds. The zero-order chi connectivity index (χ0) is 8.97. The summed E-state index contributed by atoms with van der Waals surface area (Å²) in [6, 6.07) is 2.78. The minimum absolute atomic E-state index is 0. The maximum atomic E-state index is 12.1. The first-order valence-electron chi connectivity index (χ1n) is 3.59. The molecule has 1 aromatic rings. The highest BCUT2D eigenvalue weighted by Gasteiger charge is 2.04. The summed E-state index contributed by atoms with van der Waals surface area (Å²) in [4.78, 5) is 3.90. The van der Waals surface area contributed by atoms with Gasteiger partial charge in [-0.25, -0.2) is 9.37 Å². The number of halogens is 2. The topological polar surface area (TPSA) is 48.1 Å². The van der Waals surface area contributed by atoms with Crippen LogP contribution in [0.5, 0.6) is 5.88 Å². The van der Waals surface area contributed by atoms with Gasteiger partial charge in [-0.15, -0.1) is 12.4 Å². The van der Waals surface area contributed by atoms with Gasteiger partial charge in [0.1, 0.15) is 6.67 Å². The van der Waals surface area contributed by atoms with Gasteiger partial charge in [0.15, 0.2) is 0 Å². The van der Waals surface area contributed by atoms with Gasteiger partial charge >= 0.3 is 0 Å².